The van der Waals surface area contributed by atoms with E-state index in [1.807, 2.05) is 0 Å². The van der Waals surface area contributed by atoms with Gasteiger partial charge in [0.1, 0.15) is 0 Å². The Hall–Kier alpha value is -2.11. The van der Waals surface area contributed by atoms with Crippen molar-refractivity contribution in [3.05, 3.63) is 12.1 Å². The van der Waals surface area contributed by atoms with Crippen LogP contribution in [0.3, 0.4) is 0 Å². The lowest BCUT2D eigenvalue weighted by molar-refractivity contribution is -0.143. The Labute approximate surface area is 118 Å². The summed E-state index contributed by atoms with van der Waals surface area (Å²) in [5.41, 5.74) is 6.28. The Morgan fingerprint density at radius 2 is 1.90 bits per heavy atom. The maximum atomic E-state index is 11.2. The zero-order valence-corrected chi connectivity index (χ0v) is 12.1. The molecule has 0 spiro atoms. The molecule has 112 valence electrons. The summed E-state index contributed by atoms with van der Waals surface area (Å²) in [4.78, 5) is 11.2. The van der Waals surface area contributed by atoms with Crippen molar-refractivity contribution in [2.75, 3.05) is 33.2 Å². The Balaban J connectivity index is 2.59. The van der Waals surface area contributed by atoms with Gasteiger partial charge in [0.05, 0.1) is 27.4 Å². The molecule has 0 unspecified atom stereocenters. The van der Waals surface area contributed by atoms with Gasteiger partial charge in [-0.25, -0.2) is 0 Å². The van der Waals surface area contributed by atoms with Crippen LogP contribution in [-0.2, 0) is 9.53 Å². The number of nitrogens with two attached hydrogens (primary N) is 1. The van der Waals surface area contributed by atoms with E-state index < -0.39 is 0 Å². The number of anilines is 1. The van der Waals surface area contributed by atoms with Crippen LogP contribution >= 0.6 is 0 Å². The van der Waals surface area contributed by atoms with E-state index in [0.29, 0.717) is 49.0 Å². The standard InChI is InChI=1S/C14H21NO5/c1-4-19-13(16)6-5-7-20-12-9-10(15)8-11(17-2)14(12)18-3/h8-9H,4-7,15H2,1-3H3. The fourth-order valence-electron chi connectivity index (χ4n) is 1.69. The second-order valence-corrected chi connectivity index (χ2v) is 4.01. The van der Waals surface area contributed by atoms with Crippen molar-refractivity contribution in [3.8, 4) is 17.2 Å². The van der Waals surface area contributed by atoms with Crippen molar-refractivity contribution in [3.63, 3.8) is 0 Å². The van der Waals surface area contributed by atoms with E-state index in [0.717, 1.165) is 0 Å². The number of carbonyl (C=O) groups is 1. The summed E-state index contributed by atoms with van der Waals surface area (Å²) in [6, 6.07) is 3.32. The second-order valence-electron chi connectivity index (χ2n) is 4.01. The van der Waals surface area contributed by atoms with Gasteiger partial charge in [-0.2, -0.15) is 0 Å². The Kier molecular flexibility index (Phi) is 6.49. The Morgan fingerprint density at radius 1 is 1.20 bits per heavy atom. The molecule has 0 heterocycles. The summed E-state index contributed by atoms with van der Waals surface area (Å²) in [6.07, 6.45) is 0.870. The normalized spacial score (nSPS) is 9.95. The molecule has 0 aliphatic carbocycles. The van der Waals surface area contributed by atoms with E-state index in [9.17, 15) is 4.79 Å². The van der Waals surface area contributed by atoms with Crippen LogP contribution in [0.2, 0.25) is 0 Å². The van der Waals surface area contributed by atoms with Crippen LogP contribution in [0.1, 0.15) is 19.8 Å². The van der Waals surface area contributed by atoms with Gasteiger partial charge in [0.15, 0.2) is 11.5 Å². The topological polar surface area (TPSA) is 80.0 Å². The molecular formula is C14H21NO5. The number of hydrogen-bond donors (Lipinski definition) is 1. The third kappa shape index (κ3) is 4.53. The third-order valence-electron chi connectivity index (χ3n) is 2.56. The fraction of sp³-hybridized carbons (Fsp3) is 0.500. The number of nitrogen functional groups attached to an aromatic ring is 1. The second kappa shape index (κ2) is 8.14. The van der Waals surface area contributed by atoms with E-state index >= 15 is 0 Å². The summed E-state index contributed by atoms with van der Waals surface area (Å²) in [5.74, 6) is 1.26. The van der Waals surface area contributed by atoms with Crippen LogP contribution in [0.15, 0.2) is 12.1 Å². The summed E-state index contributed by atoms with van der Waals surface area (Å²) in [5, 5.41) is 0. The lowest BCUT2D eigenvalue weighted by atomic mass is 10.2. The molecule has 0 amide bonds. The molecule has 20 heavy (non-hydrogen) atoms. The molecule has 2 N–H and O–H groups in total. The number of carbonyl (C=O) groups excluding carboxylic acids is 1. The lowest BCUT2D eigenvalue weighted by Gasteiger charge is -2.14. The van der Waals surface area contributed by atoms with E-state index in [1.165, 1.54) is 14.2 Å². The van der Waals surface area contributed by atoms with Gasteiger partial charge >= 0.3 is 5.97 Å². The van der Waals surface area contributed by atoms with E-state index in [2.05, 4.69) is 0 Å². The first-order valence-electron chi connectivity index (χ1n) is 6.42. The highest BCUT2D eigenvalue weighted by molar-refractivity contribution is 5.69. The molecule has 1 rings (SSSR count). The third-order valence-corrected chi connectivity index (χ3v) is 2.56. The molecule has 6 nitrogen and oxygen atoms in total. The molecule has 0 saturated carbocycles. The average Bonchev–Trinajstić information content (AvgIpc) is 2.43. The molecule has 0 bridgehead atoms. The van der Waals surface area contributed by atoms with Crippen molar-refractivity contribution >= 4 is 11.7 Å². The van der Waals surface area contributed by atoms with Crippen molar-refractivity contribution in [2.45, 2.75) is 19.8 Å². The van der Waals surface area contributed by atoms with Gasteiger partial charge in [-0.1, -0.05) is 0 Å². The van der Waals surface area contributed by atoms with E-state index in [4.69, 9.17) is 24.7 Å². The van der Waals surface area contributed by atoms with Crippen molar-refractivity contribution < 1.29 is 23.7 Å². The van der Waals surface area contributed by atoms with Gasteiger partial charge in [0.25, 0.3) is 0 Å². The minimum Gasteiger partial charge on any atom is -0.493 e. The number of benzene rings is 1. The number of esters is 1. The maximum absolute atomic E-state index is 11.2. The van der Waals surface area contributed by atoms with Gasteiger partial charge < -0.3 is 24.7 Å². The van der Waals surface area contributed by atoms with Gasteiger partial charge in [-0.05, 0) is 13.3 Å². The van der Waals surface area contributed by atoms with Crippen LogP contribution in [0, 0.1) is 0 Å². The summed E-state index contributed by atoms with van der Waals surface area (Å²) in [6.45, 7) is 2.53. The van der Waals surface area contributed by atoms with E-state index in [-0.39, 0.29) is 5.97 Å². The highest BCUT2D eigenvalue weighted by Gasteiger charge is 2.13. The first-order chi connectivity index (χ1) is 9.62. The SMILES string of the molecule is CCOC(=O)CCCOc1cc(N)cc(OC)c1OC. The smallest absolute Gasteiger partial charge is 0.305 e. The van der Waals surface area contributed by atoms with Crippen molar-refractivity contribution in [1.29, 1.82) is 0 Å². The van der Waals surface area contributed by atoms with Crippen LogP contribution in [-0.4, -0.2) is 33.4 Å². The van der Waals surface area contributed by atoms with Gasteiger partial charge in [0, 0.05) is 24.2 Å². The molecule has 0 saturated heterocycles. The van der Waals surface area contributed by atoms with Crippen LogP contribution in [0.25, 0.3) is 0 Å². The minimum atomic E-state index is -0.228. The lowest BCUT2D eigenvalue weighted by Crippen LogP contribution is -2.07. The highest BCUT2D eigenvalue weighted by Crippen LogP contribution is 2.39. The first-order valence-corrected chi connectivity index (χ1v) is 6.42. The molecule has 0 atom stereocenters. The summed E-state index contributed by atoms with van der Waals surface area (Å²) >= 11 is 0. The maximum Gasteiger partial charge on any atom is 0.305 e. The fourth-order valence-corrected chi connectivity index (χ4v) is 1.69. The predicted octanol–water partition coefficient (Wildman–Crippen LogP) is 2.01. The molecule has 0 radical (unpaired) electrons. The average molecular weight is 283 g/mol. The van der Waals surface area contributed by atoms with Crippen LogP contribution in [0.4, 0.5) is 5.69 Å². The van der Waals surface area contributed by atoms with E-state index in [1.54, 1.807) is 19.1 Å². The molecular weight excluding hydrogens is 262 g/mol. The zero-order valence-electron chi connectivity index (χ0n) is 12.1. The van der Waals surface area contributed by atoms with Crippen molar-refractivity contribution in [2.24, 2.45) is 0 Å². The van der Waals surface area contributed by atoms with Crippen LogP contribution in [0.5, 0.6) is 17.2 Å². The monoisotopic (exact) mass is 283 g/mol. The molecule has 1 aromatic carbocycles. The first kappa shape index (κ1) is 15.9. The summed E-state index contributed by atoms with van der Waals surface area (Å²) < 4.78 is 20.8. The predicted molar refractivity (Wildman–Crippen MR) is 75.3 cm³/mol. The number of rotatable bonds is 8. The van der Waals surface area contributed by atoms with Gasteiger partial charge in [-0.3, -0.25) is 4.79 Å². The summed E-state index contributed by atoms with van der Waals surface area (Å²) in [7, 11) is 3.06. The molecule has 0 fully saturated rings. The molecule has 0 aliphatic rings. The van der Waals surface area contributed by atoms with Gasteiger partial charge in [-0.15, -0.1) is 0 Å². The quantitative estimate of drug-likeness (QED) is 0.446. The number of hydrogen-bond acceptors (Lipinski definition) is 6. The molecule has 1 aromatic rings. The Morgan fingerprint density at radius 3 is 2.50 bits per heavy atom. The largest absolute Gasteiger partial charge is 0.493 e. The molecule has 0 aromatic heterocycles. The molecule has 6 heteroatoms. The minimum absolute atomic E-state index is 0.228. The number of ether oxygens (including phenoxy) is 4. The zero-order chi connectivity index (χ0) is 15.0. The Bertz CT molecular complexity index is 447. The highest BCUT2D eigenvalue weighted by atomic mass is 16.5. The van der Waals surface area contributed by atoms with Crippen molar-refractivity contribution in [1.82, 2.24) is 0 Å². The van der Waals surface area contributed by atoms with Crippen LogP contribution < -0.4 is 19.9 Å². The molecule has 0 aliphatic heterocycles. The van der Waals surface area contributed by atoms with Gasteiger partial charge in [0.2, 0.25) is 5.75 Å². The number of methoxy groups -OCH3 is 2.